The highest BCUT2D eigenvalue weighted by molar-refractivity contribution is 5.94. The summed E-state index contributed by atoms with van der Waals surface area (Å²) < 4.78 is 27.1. The van der Waals surface area contributed by atoms with Crippen LogP contribution in [0.2, 0.25) is 0 Å². The molecule has 0 saturated carbocycles. The van der Waals surface area contributed by atoms with Gasteiger partial charge in [0.1, 0.15) is 11.6 Å². The lowest BCUT2D eigenvalue weighted by molar-refractivity contribution is -0.110. The lowest BCUT2D eigenvalue weighted by Gasteiger charge is -2.19. The minimum absolute atomic E-state index is 0.132. The van der Waals surface area contributed by atoms with Crippen LogP contribution in [0.3, 0.4) is 0 Å². The number of nitrogens with two attached hydrogens (primary N) is 1. The van der Waals surface area contributed by atoms with Gasteiger partial charge < -0.3 is 16.0 Å². The first-order valence-electron chi connectivity index (χ1n) is 12.9. The fourth-order valence-electron chi connectivity index (χ4n) is 4.85. The molecule has 0 aliphatic rings. The van der Waals surface area contributed by atoms with Crippen LogP contribution in [0.5, 0.6) is 0 Å². The van der Waals surface area contributed by atoms with Gasteiger partial charge in [-0.3, -0.25) is 14.6 Å². The molecule has 4 N–H and O–H groups in total. The summed E-state index contributed by atoms with van der Waals surface area (Å²) in [4.78, 5) is 30.4. The first kappa shape index (κ1) is 28.2. The number of benzene rings is 3. The number of halogens is 2. The molecule has 0 aliphatic carbocycles. The van der Waals surface area contributed by atoms with Crippen molar-refractivity contribution in [1.29, 1.82) is 0 Å². The molecule has 204 valence electrons. The highest BCUT2D eigenvalue weighted by Gasteiger charge is 2.19. The molecule has 3 aromatic carbocycles. The van der Waals surface area contributed by atoms with E-state index in [1.807, 2.05) is 0 Å². The third-order valence-electron chi connectivity index (χ3n) is 6.64. The number of nitrogens with zero attached hydrogens (tertiary/aromatic N) is 1. The third-order valence-corrected chi connectivity index (χ3v) is 6.64. The van der Waals surface area contributed by atoms with Crippen molar-refractivity contribution < 1.29 is 18.4 Å². The Hall–Kier alpha value is -4.85. The second-order valence-electron chi connectivity index (χ2n) is 9.33. The van der Waals surface area contributed by atoms with Gasteiger partial charge in [0.15, 0.2) is 0 Å². The first-order valence-corrected chi connectivity index (χ1v) is 12.9. The molecule has 0 radical (unpaired) electrons. The lowest BCUT2D eigenvalue weighted by Crippen LogP contribution is -2.23. The number of fused-ring (bicyclic) bond motifs is 1. The largest absolute Gasteiger partial charge is 0.366 e. The summed E-state index contributed by atoms with van der Waals surface area (Å²) in [7, 11) is 0. The normalized spacial score (nSPS) is 11.4. The molecule has 0 aliphatic heterocycles. The highest BCUT2D eigenvalue weighted by Crippen LogP contribution is 2.29. The molecule has 2 aromatic heterocycles. The Kier molecular flexibility index (Phi) is 9.01. The Balaban J connectivity index is 0.000000255. The average molecular weight is 541 g/mol. The minimum atomic E-state index is -0.699. The number of carbonyl (C=O) groups is 2. The van der Waals surface area contributed by atoms with Crippen LogP contribution in [0, 0.1) is 18.6 Å². The van der Waals surface area contributed by atoms with Gasteiger partial charge in [0, 0.05) is 40.0 Å². The lowest BCUT2D eigenvalue weighted by atomic mass is 9.94. The maximum Gasteiger partial charge on any atom is 0.248 e. The quantitative estimate of drug-likeness (QED) is 0.205. The van der Waals surface area contributed by atoms with Gasteiger partial charge >= 0.3 is 0 Å². The summed E-state index contributed by atoms with van der Waals surface area (Å²) in [6, 6.07) is 21.2. The van der Waals surface area contributed by atoms with Crippen LogP contribution in [-0.4, -0.2) is 22.3 Å². The van der Waals surface area contributed by atoms with Gasteiger partial charge in [-0.15, -0.1) is 0 Å². The fourth-order valence-corrected chi connectivity index (χ4v) is 4.85. The Morgan fingerprint density at radius 2 is 1.77 bits per heavy atom. The fraction of sp³-hybridized carbons (Fsp3) is 0.156. The van der Waals surface area contributed by atoms with E-state index >= 15 is 0 Å². The van der Waals surface area contributed by atoms with Crippen LogP contribution in [-0.2, 0) is 17.6 Å². The van der Waals surface area contributed by atoms with Crippen LogP contribution in [0.4, 0.5) is 8.78 Å². The van der Waals surface area contributed by atoms with E-state index in [1.165, 1.54) is 34.3 Å². The van der Waals surface area contributed by atoms with Gasteiger partial charge in [-0.25, -0.2) is 8.78 Å². The molecule has 5 aromatic rings. The molecular formula is C32H30F2N4O2. The van der Waals surface area contributed by atoms with Crippen molar-refractivity contribution in [3.8, 4) is 11.1 Å². The molecule has 1 atom stereocenters. The zero-order valence-corrected chi connectivity index (χ0v) is 22.2. The summed E-state index contributed by atoms with van der Waals surface area (Å²) in [6.45, 7) is 4.33. The van der Waals surface area contributed by atoms with Crippen molar-refractivity contribution in [1.82, 2.24) is 15.3 Å². The maximum absolute atomic E-state index is 13.5. The molecule has 2 amide bonds. The number of carbonyl (C=O) groups excluding carboxylic acids is 2. The summed E-state index contributed by atoms with van der Waals surface area (Å²) in [6.07, 6.45) is 3.31. The Bertz CT molecular complexity index is 1630. The van der Waals surface area contributed by atoms with Crippen LogP contribution in [0.15, 0.2) is 85.1 Å². The minimum Gasteiger partial charge on any atom is -0.366 e. The van der Waals surface area contributed by atoms with Crippen LogP contribution >= 0.6 is 0 Å². The second-order valence-corrected chi connectivity index (χ2v) is 9.33. The predicted octanol–water partition coefficient (Wildman–Crippen LogP) is 6.19. The second kappa shape index (κ2) is 12.8. The number of H-pyrrole nitrogens is 1. The maximum atomic E-state index is 13.5. The van der Waals surface area contributed by atoms with Crippen LogP contribution < -0.4 is 11.1 Å². The molecule has 0 saturated heterocycles. The molecule has 2 heterocycles. The number of rotatable bonds is 8. The Morgan fingerprint density at radius 3 is 2.48 bits per heavy atom. The number of nitrogens with one attached hydrogen (secondary N) is 2. The number of aromatic amines is 1. The molecule has 6 nitrogen and oxygen atoms in total. The molecule has 0 spiro atoms. The summed E-state index contributed by atoms with van der Waals surface area (Å²) in [5.74, 6) is -1.96. The number of pyridine rings is 1. The molecule has 1 unspecified atom stereocenters. The van der Waals surface area contributed by atoms with E-state index in [9.17, 15) is 18.4 Å². The van der Waals surface area contributed by atoms with Crippen molar-refractivity contribution in [2.45, 2.75) is 32.7 Å². The molecule has 5 rings (SSSR count). The van der Waals surface area contributed by atoms with Crippen molar-refractivity contribution in [2.24, 2.45) is 5.73 Å². The van der Waals surface area contributed by atoms with Crippen molar-refractivity contribution >= 4 is 23.2 Å². The van der Waals surface area contributed by atoms with Gasteiger partial charge in [-0.2, -0.15) is 0 Å². The molecule has 0 bridgehead atoms. The number of aryl methyl sites for hydroxylation is 2. The monoisotopic (exact) mass is 540 g/mol. The SMILES string of the molecule is CCc1c(C)[nH]c2ccccc12.NC(=O)c1cccc(-c2cccnc2C(Cc2cc(F)cc(F)c2)NC=O)c1. The van der Waals surface area contributed by atoms with E-state index in [0.29, 0.717) is 34.4 Å². The van der Waals surface area contributed by atoms with Gasteiger partial charge in [-0.05, 0) is 72.9 Å². The van der Waals surface area contributed by atoms with Gasteiger partial charge in [0.25, 0.3) is 0 Å². The van der Waals surface area contributed by atoms with Crippen LogP contribution in [0.1, 0.15) is 45.8 Å². The number of primary amides is 1. The topological polar surface area (TPSA) is 101 Å². The number of hydrogen-bond donors (Lipinski definition) is 3. The van der Waals surface area contributed by atoms with Crippen molar-refractivity contribution in [2.75, 3.05) is 0 Å². The highest BCUT2D eigenvalue weighted by atomic mass is 19.1. The van der Waals surface area contributed by atoms with E-state index in [1.54, 1.807) is 42.6 Å². The molecule has 0 fully saturated rings. The van der Waals surface area contributed by atoms with Gasteiger partial charge in [0.2, 0.25) is 12.3 Å². The van der Waals surface area contributed by atoms with E-state index in [-0.39, 0.29) is 6.42 Å². The van der Waals surface area contributed by atoms with Gasteiger partial charge in [0.05, 0.1) is 11.7 Å². The Morgan fingerprint density at radius 1 is 1.02 bits per heavy atom. The van der Waals surface area contributed by atoms with Crippen molar-refractivity contribution in [3.05, 3.63) is 125 Å². The molecule has 40 heavy (non-hydrogen) atoms. The average Bonchev–Trinajstić information content (AvgIpc) is 3.27. The zero-order chi connectivity index (χ0) is 28.6. The molecule has 8 heteroatoms. The van der Waals surface area contributed by atoms with E-state index in [0.717, 1.165) is 12.5 Å². The zero-order valence-electron chi connectivity index (χ0n) is 22.2. The summed E-state index contributed by atoms with van der Waals surface area (Å²) in [5, 5.41) is 4.03. The Labute approximate surface area is 231 Å². The van der Waals surface area contributed by atoms with E-state index in [4.69, 9.17) is 5.73 Å². The summed E-state index contributed by atoms with van der Waals surface area (Å²) in [5.41, 5.74) is 11.9. The number of aromatic nitrogens is 2. The first-order chi connectivity index (χ1) is 19.3. The van der Waals surface area contributed by atoms with Crippen LogP contribution in [0.25, 0.3) is 22.0 Å². The van der Waals surface area contributed by atoms with E-state index in [2.05, 4.69) is 53.4 Å². The number of hydrogen-bond acceptors (Lipinski definition) is 3. The number of para-hydroxylation sites is 1. The third kappa shape index (κ3) is 6.58. The number of amides is 2. The predicted molar refractivity (Wildman–Crippen MR) is 153 cm³/mol. The smallest absolute Gasteiger partial charge is 0.248 e. The van der Waals surface area contributed by atoms with Crippen molar-refractivity contribution in [3.63, 3.8) is 0 Å². The molecular weight excluding hydrogens is 510 g/mol. The summed E-state index contributed by atoms with van der Waals surface area (Å²) >= 11 is 0. The van der Waals surface area contributed by atoms with E-state index < -0.39 is 23.6 Å². The van der Waals surface area contributed by atoms with Gasteiger partial charge in [-0.1, -0.05) is 43.3 Å². The standard InChI is InChI=1S/C21H17F2N3O2.C11H13N/c22-16-7-13(8-17(23)11-16)9-19(26-12-27)20-18(5-2-6-25-20)14-3-1-4-15(10-14)21(24)28;1-3-9-8(2)12-11-7-5-4-6-10(9)11/h1-8,10-12,19H,9H2,(H2,24,28)(H,26,27);4-7,12H,3H2,1-2H3.